The van der Waals surface area contributed by atoms with Crippen LogP contribution < -0.4 is 14.8 Å². The van der Waals surface area contributed by atoms with Crippen LogP contribution >= 0.6 is 11.8 Å². The highest BCUT2D eigenvalue weighted by atomic mass is 32.2. The van der Waals surface area contributed by atoms with E-state index in [1.165, 1.54) is 0 Å². The molecule has 0 bridgehead atoms. The highest BCUT2D eigenvalue weighted by molar-refractivity contribution is 7.99. The Kier molecular flexibility index (Phi) is 6.25. The van der Waals surface area contributed by atoms with Gasteiger partial charge in [0.1, 0.15) is 5.82 Å². The third-order valence-electron chi connectivity index (χ3n) is 5.31. The first-order valence-corrected chi connectivity index (χ1v) is 11.0. The van der Waals surface area contributed by atoms with Crippen molar-refractivity contribution in [1.82, 2.24) is 25.0 Å². The summed E-state index contributed by atoms with van der Waals surface area (Å²) in [6.07, 6.45) is 2.14. The Balaban J connectivity index is 1.29. The van der Waals surface area contributed by atoms with Crippen LogP contribution in [-0.2, 0) is 18.4 Å². The van der Waals surface area contributed by atoms with Crippen molar-refractivity contribution in [2.24, 2.45) is 7.05 Å². The van der Waals surface area contributed by atoms with Gasteiger partial charge in [0, 0.05) is 26.1 Å². The monoisotopic (exact) mass is 417 g/mol. The van der Waals surface area contributed by atoms with Gasteiger partial charge in [0.2, 0.25) is 12.7 Å². The van der Waals surface area contributed by atoms with Crippen molar-refractivity contribution in [3.05, 3.63) is 29.6 Å². The zero-order chi connectivity index (χ0) is 20.2. The lowest BCUT2D eigenvalue weighted by atomic mass is 9.97. The minimum atomic E-state index is 0.0310. The number of carbonyl (C=O) groups excluding carboxylic acids is 1. The van der Waals surface area contributed by atoms with Crippen molar-refractivity contribution in [3.8, 4) is 11.5 Å². The molecule has 29 heavy (non-hydrogen) atoms. The lowest BCUT2D eigenvalue weighted by molar-refractivity contribution is -0.122. The Morgan fingerprint density at radius 2 is 2.17 bits per heavy atom. The number of piperidine rings is 1. The first kappa shape index (κ1) is 20.0. The molecular weight excluding hydrogens is 390 g/mol. The Bertz CT molecular complexity index is 872. The van der Waals surface area contributed by atoms with Crippen LogP contribution in [0.25, 0.3) is 0 Å². The van der Waals surface area contributed by atoms with E-state index in [2.05, 4.69) is 31.9 Å². The number of carbonyl (C=O) groups is 1. The molecule has 2 aromatic rings. The van der Waals surface area contributed by atoms with E-state index in [1.807, 2.05) is 25.2 Å². The van der Waals surface area contributed by atoms with E-state index in [0.717, 1.165) is 59.7 Å². The van der Waals surface area contributed by atoms with Gasteiger partial charge in [-0.05, 0) is 42.8 Å². The van der Waals surface area contributed by atoms with Crippen LogP contribution in [0.1, 0.15) is 37.1 Å². The molecule has 0 saturated carbocycles. The number of hydrogen-bond acceptors (Lipinski definition) is 7. The van der Waals surface area contributed by atoms with Crippen LogP contribution in [0, 0.1) is 0 Å². The summed E-state index contributed by atoms with van der Waals surface area (Å²) in [7, 11) is 2.03. The second kappa shape index (κ2) is 9.04. The Morgan fingerprint density at radius 3 is 3.03 bits per heavy atom. The van der Waals surface area contributed by atoms with Crippen molar-refractivity contribution < 1.29 is 14.3 Å². The van der Waals surface area contributed by atoms with E-state index in [1.54, 1.807) is 11.8 Å². The zero-order valence-electron chi connectivity index (χ0n) is 16.9. The molecule has 2 aliphatic rings. The molecule has 1 atom stereocenters. The fourth-order valence-electron chi connectivity index (χ4n) is 3.86. The van der Waals surface area contributed by atoms with Gasteiger partial charge in [-0.3, -0.25) is 9.69 Å². The number of fused-ring (bicyclic) bond motifs is 1. The smallest absolute Gasteiger partial charge is 0.234 e. The minimum Gasteiger partial charge on any atom is -0.454 e. The molecule has 9 heteroatoms. The zero-order valence-corrected chi connectivity index (χ0v) is 17.7. The van der Waals surface area contributed by atoms with E-state index < -0.39 is 0 Å². The molecule has 4 rings (SSSR count). The quantitative estimate of drug-likeness (QED) is 0.691. The topological polar surface area (TPSA) is 81.5 Å². The number of benzene rings is 1. The second-order valence-electron chi connectivity index (χ2n) is 7.37. The van der Waals surface area contributed by atoms with E-state index in [0.29, 0.717) is 19.0 Å². The van der Waals surface area contributed by atoms with Gasteiger partial charge < -0.3 is 19.4 Å². The van der Waals surface area contributed by atoms with Gasteiger partial charge in [-0.15, -0.1) is 10.2 Å². The van der Waals surface area contributed by atoms with Gasteiger partial charge in [-0.2, -0.15) is 0 Å². The van der Waals surface area contributed by atoms with Gasteiger partial charge in [0.25, 0.3) is 0 Å². The van der Waals surface area contributed by atoms with Crippen LogP contribution in [0.3, 0.4) is 0 Å². The fourth-order valence-corrected chi connectivity index (χ4v) is 4.50. The van der Waals surface area contributed by atoms with Gasteiger partial charge in [-0.25, -0.2) is 0 Å². The molecule has 3 heterocycles. The molecule has 1 aromatic carbocycles. The molecule has 1 amide bonds. The van der Waals surface area contributed by atoms with E-state index >= 15 is 0 Å². The number of ether oxygens (including phenoxy) is 2. The fraction of sp³-hybridized carbons (Fsp3) is 0.550. The maximum absolute atomic E-state index is 12.5. The summed E-state index contributed by atoms with van der Waals surface area (Å²) in [5, 5.41) is 12.7. The summed E-state index contributed by atoms with van der Waals surface area (Å²) in [6, 6.07) is 5.75. The number of aromatic nitrogens is 3. The van der Waals surface area contributed by atoms with Crippen LogP contribution in [0.5, 0.6) is 11.5 Å². The molecule has 2 aliphatic heterocycles. The molecule has 1 fully saturated rings. The van der Waals surface area contributed by atoms with Crippen LogP contribution in [-0.4, -0.2) is 57.8 Å². The molecule has 1 aromatic heterocycles. The molecule has 8 nitrogen and oxygen atoms in total. The summed E-state index contributed by atoms with van der Waals surface area (Å²) >= 11 is 1.70. The van der Waals surface area contributed by atoms with Gasteiger partial charge in [-0.1, -0.05) is 24.8 Å². The number of rotatable bonds is 7. The number of amides is 1. The molecule has 0 aliphatic carbocycles. The highest BCUT2D eigenvalue weighted by Crippen LogP contribution is 2.32. The third-order valence-corrected chi connectivity index (χ3v) is 6.21. The molecular formula is C20H27N5O3S. The third kappa shape index (κ3) is 4.67. The van der Waals surface area contributed by atoms with Crippen molar-refractivity contribution in [1.29, 1.82) is 0 Å². The summed E-state index contributed by atoms with van der Waals surface area (Å²) in [6.45, 7) is 5.01. The largest absolute Gasteiger partial charge is 0.454 e. The lowest BCUT2D eigenvalue weighted by Crippen LogP contribution is -2.42. The minimum absolute atomic E-state index is 0.0310. The number of thioether (sulfide) groups is 1. The highest BCUT2D eigenvalue weighted by Gasteiger charge is 2.27. The van der Waals surface area contributed by atoms with Crippen molar-refractivity contribution in [2.75, 3.05) is 32.2 Å². The Labute approximate surface area is 175 Å². The second-order valence-corrected chi connectivity index (χ2v) is 8.60. The number of likely N-dealkylation sites (tertiary alicyclic amines) is 1. The maximum Gasteiger partial charge on any atom is 0.234 e. The number of nitrogens with one attached hydrogen (secondary N) is 1. The van der Waals surface area contributed by atoms with Gasteiger partial charge in [0.05, 0.1) is 6.54 Å². The summed E-state index contributed by atoms with van der Waals surface area (Å²) in [5.74, 6) is 3.83. The average molecular weight is 418 g/mol. The molecule has 1 unspecified atom stereocenters. The average Bonchev–Trinajstić information content (AvgIpc) is 3.33. The summed E-state index contributed by atoms with van der Waals surface area (Å²) in [5.41, 5.74) is 0.999. The maximum atomic E-state index is 12.5. The predicted molar refractivity (Wildman–Crippen MR) is 110 cm³/mol. The molecule has 0 spiro atoms. The van der Waals surface area contributed by atoms with E-state index in [4.69, 9.17) is 9.47 Å². The van der Waals surface area contributed by atoms with Gasteiger partial charge in [0.15, 0.2) is 16.7 Å². The molecule has 1 saturated heterocycles. The Morgan fingerprint density at radius 1 is 1.31 bits per heavy atom. The lowest BCUT2D eigenvalue weighted by Gasteiger charge is -2.31. The summed E-state index contributed by atoms with van der Waals surface area (Å²) in [4.78, 5) is 14.7. The SMILES string of the molecule is CCSc1nnc(C2CCCN(CC(=O)NCc3ccc4c(c3)OCO4)C2)n1C. The first-order valence-electron chi connectivity index (χ1n) is 10.0. The Hall–Kier alpha value is -2.26. The normalized spacial score (nSPS) is 18.8. The summed E-state index contributed by atoms with van der Waals surface area (Å²) < 4.78 is 12.8. The van der Waals surface area contributed by atoms with Crippen LogP contribution in [0.4, 0.5) is 0 Å². The van der Waals surface area contributed by atoms with Crippen molar-refractivity contribution >= 4 is 17.7 Å². The van der Waals surface area contributed by atoms with Crippen LogP contribution in [0.2, 0.25) is 0 Å². The standard InChI is InChI=1S/C20H27N5O3S/c1-3-29-20-23-22-19(24(20)2)15-5-4-8-25(11-15)12-18(26)21-10-14-6-7-16-17(9-14)28-13-27-16/h6-7,9,15H,3-5,8,10-13H2,1-2H3,(H,21,26). The molecule has 1 N–H and O–H groups in total. The number of nitrogens with zero attached hydrogens (tertiary/aromatic N) is 4. The van der Waals surface area contributed by atoms with Crippen molar-refractivity contribution in [2.45, 2.75) is 37.4 Å². The molecule has 156 valence electrons. The van der Waals surface area contributed by atoms with Crippen LogP contribution in [0.15, 0.2) is 23.4 Å². The van der Waals surface area contributed by atoms with Gasteiger partial charge >= 0.3 is 0 Å². The van der Waals surface area contributed by atoms with E-state index in [9.17, 15) is 4.79 Å². The first-order chi connectivity index (χ1) is 14.1. The number of hydrogen-bond donors (Lipinski definition) is 1. The predicted octanol–water partition coefficient (Wildman–Crippen LogP) is 2.15. The van der Waals surface area contributed by atoms with Crippen molar-refractivity contribution in [3.63, 3.8) is 0 Å². The molecule has 0 radical (unpaired) electrons. The van der Waals surface area contributed by atoms with E-state index in [-0.39, 0.29) is 12.7 Å².